The molecule has 27 heavy (non-hydrogen) atoms. The zero-order chi connectivity index (χ0) is 19.4. The number of fused-ring (bicyclic) bond motifs is 1. The Balaban J connectivity index is 2.17. The highest BCUT2D eigenvalue weighted by molar-refractivity contribution is 9.10. The lowest BCUT2D eigenvalue weighted by atomic mass is 9.88. The summed E-state index contributed by atoms with van der Waals surface area (Å²) in [6.07, 6.45) is 4.25. The Morgan fingerprint density at radius 2 is 2.00 bits per heavy atom. The highest BCUT2D eigenvalue weighted by atomic mass is 79.9. The van der Waals surface area contributed by atoms with Gasteiger partial charge in [-0.15, -0.1) is 0 Å². The first-order valence-electron chi connectivity index (χ1n) is 9.62. The number of hydrogen-bond donors (Lipinski definition) is 1. The van der Waals surface area contributed by atoms with Gasteiger partial charge < -0.3 is 4.74 Å². The normalized spacial score (nSPS) is 24.9. The summed E-state index contributed by atoms with van der Waals surface area (Å²) in [6, 6.07) is 14.5. The molecule has 5 heteroatoms. The molecule has 1 aliphatic rings. The first-order chi connectivity index (χ1) is 13.0. The number of ether oxygens (including phenoxy) is 1. The fraction of sp³-hybridized carbons (Fsp3) is 0.455. The van der Waals surface area contributed by atoms with Crippen molar-refractivity contribution in [2.24, 2.45) is 0 Å². The summed E-state index contributed by atoms with van der Waals surface area (Å²) in [5.41, 5.74) is 2.13. The van der Waals surface area contributed by atoms with Crippen molar-refractivity contribution >= 4 is 26.7 Å². The van der Waals surface area contributed by atoms with Gasteiger partial charge in [0.2, 0.25) is 0 Å². The van der Waals surface area contributed by atoms with Gasteiger partial charge in [-0.3, -0.25) is 9.53 Å². The first-order valence-corrected chi connectivity index (χ1v) is 11.7. The summed E-state index contributed by atoms with van der Waals surface area (Å²) in [6.45, 7) is 4.41. The molecule has 3 atom stereocenters. The van der Waals surface area contributed by atoms with E-state index in [1.807, 2.05) is 12.1 Å². The van der Waals surface area contributed by atoms with Crippen LogP contribution in [0.15, 0.2) is 51.8 Å². The lowest BCUT2D eigenvalue weighted by molar-refractivity contribution is 0.296. The number of unbranched alkanes of at least 4 members (excludes halogenated alkanes) is 1. The van der Waals surface area contributed by atoms with Gasteiger partial charge in [0.1, 0.15) is 5.75 Å². The van der Waals surface area contributed by atoms with Gasteiger partial charge in [-0.1, -0.05) is 57.0 Å². The van der Waals surface area contributed by atoms with E-state index in [1.54, 1.807) is 7.11 Å². The van der Waals surface area contributed by atoms with Crippen LogP contribution in [0.3, 0.4) is 0 Å². The molecule has 0 aliphatic carbocycles. The average molecular weight is 450 g/mol. The Labute approximate surface area is 173 Å². The maximum absolute atomic E-state index is 13.4. The lowest BCUT2D eigenvalue weighted by Gasteiger charge is -2.36. The topological polar surface area (TPSA) is 38.3 Å². The SMILES string of the molecule is CCCCC1(CC)CS(=O)c2cc(OC)c(Br)cc2C(c2ccccc2)N1. The summed E-state index contributed by atoms with van der Waals surface area (Å²) in [7, 11) is 0.566. The highest BCUT2D eigenvalue weighted by Gasteiger charge is 2.38. The van der Waals surface area contributed by atoms with Crippen LogP contribution in [-0.2, 0) is 10.8 Å². The van der Waals surface area contributed by atoms with Gasteiger partial charge >= 0.3 is 0 Å². The van der Waals surface area contributed by atoms with E-state index in [1.165, 1.54) is 5.56 Å². The van der Waals surface area contributed by atoms with E-state index in [0.29, 0.717) is 5.75 Å². The summed E-state index contributed by atoms with van der Waals surface area (Å²) >= 11 is 3.62. The third-order valence-corrected chi connectivity index (χ3v) is 7.80. The molecule has 1 N–H and O–H groups in total. The molecule has 0 saturated carbocycles. The van der Waals surface area contributed by atoms with E-state index in [0.717, 1.165) is 46.4 Å². The minimum atomic E-state index is -1.08. The fourth-order valence-corrected chi connectivity index (χ4v) is 6.12. The van der Waals surface area contributed by atoms with E-state index in [-0.39, 0.29) is 11.6 Å². The van der Waals surface area contributed by atoms with Gasteiger partial charge in [0.25, 0.3) is 0 Å². The molecule has 1 heterocycles. The van der Waals surface area contributed by atoms with Crippen LogP contribution in [0.4, 0.5) is 0 Å². The molecule has 146 valence electrons. The third-order valence-electron chi connectivity index (χ3n) is 5.52. The van der Waals surface area contributed by atoms with E-state index >= 15 is 0 Å². The third kappa shape index (κ3) is 4.30. The van der Waals surface area contributed by atoms with Gasteiger partial charge in [-0.05, 0) is 52.0 Å². The summed E-state index contributed by atoms with van der Waals surface area (Å²) in [5, 5.41) is 3.93. The molecule has 0 spiro atoms. The molecule has 2 aromatic carbocycles. The van der Waals surface area contributed by atoms with Gasteiger partial charge in [-0.25, -0.2) is 0 Å². The molecule has 0 amide bonds. The fourth-order valence-electron chi connectivity index (χ4n) is 3.83. The Kier molecular flexibility index (Phi) is 6.77. The summed E-state index contributed by atoms with van der Waals surface area (Å²) in [4.78, 5) is 0.878. The predicted octanol–water partition coefficient (Wildman–Crippen LogP) is 5.60. The van der Waals surface area contributed by atoms with Crippen LogP contribution in [0.1, 0.15) is 56.7 Å². The number of methoxy groups -OCH3 is 1. The zero-order valence-corrected chi connectivity index (χ0v) is 18.7. The second-order valence-corrected chi connectivity index (χ2v) is 9.51. The Bertz CT molecular complexity index is 811. The molecule has 1 aliphatic heterocycles. The Morgan fingerprint density at radius 3 is 2.63 bits per heavy atom. The van der Waals surface area contributed by atoms with Crippen molar-refractivity contribution in [3.8, 4) is 5.75 Å². The lowest BCUT2D eigenvalue weighted by Crippen LogP contribution is -2.49. The van der Waals surface area contributed by atoms with Crippen LogP contribution in [0.2, 0.25) is 0 Å². The standard InChI is InChI=1S/C22H28BrNO2S/c1-4-6-12-22(5-2)15-27(25)20-14-19(26-3)18(23)13-17(20)21(24-22)16-10-8-7-9-11-16/h7-11,13-14,21,24H,4-6,12,15H2,1-3H3. The van der Waals surface area contributed by atoms with Crippen molar-refractivity contribution in [2.75, 3.05) is 12.9 Å². The molecular formula is C22H28BrNO2S. The summed E-state index contributed by atoms with van der Waals surface area (Å²) < 4.78 is 19.8. The van der Waals surface area contributed by atoms with Crippen LogP contribution in [0.25, 0.3) is 0 Å². The van der Waals surface area contributed by atoms with Crippen molar-refractivity contribution in [1.82, 2.24) is 5.32 Å². The number of hydrogen-bond acceptors (Lipinski definition) is 3. The summed E-state index contributed by atoms with van der Waals surface area (Å²) in [5.74, 6) is 1.36. The Morgan fingerprint density at radius 1 is 1.26 bits per heavy atom. The molecule has 3 nitrogen and oxygen atoms in total. The molecule has 2 aromatic rings. The quantitative estimate of drug-likeness (QED) is 0.623. The molecule has 0 fully saturated rings. The van der Waals surface area contributed by atoms with E-state index in [2.05, 4.69) is 65.4 Å². The number of nitrogens with one attached hydrogen (secondary N) is 1. The zero-order valence-electron chi connectivity index (χ0n) is 16.3. The number of halogens is 1. The predicted molar refractivity (Wildman–Crippen MR) is 116 cm³/mol. The van der Waals surface area contributed by atoms with Crippen LogP contribution >= 0.6 is 15.9 Å². The monoisotopic (exact) mass is 449 g/mol. The minimum absolute atomic E-state index is 0.00617. The van der Waals surface area contributed by atoms with Crippen LogP contribution in [-0.4, -0.2) is 22.6 Å². The van der Waals surface area contributed by atoms with Gasteiger partial charge in [-0.2, -0.15) is 0 Å². The number of benzene rings is 2. The average Bonchev–Trinajstić information content (AvgIpc) is 2.81. The van der Waals surface area contributed by atoms with Crippen molar-refractivity contribution in [1.29, 1.82) is 0 Å². The maximum atomic E-state index is 13.4. The maximum Gasteiger partial charge on any atom is 0.134 e. The van der Waals surface area contributed by atoms with Crippen molar-refractivity contribution in [3.63, 3.8) is 0 Å². The second-order valence-electron chi connectivity index (χ2n) is 7.24. The molecule has 0 bridgehead atoms. The minimum Gasteiger partial charge on any atom is -0.496 e. The first kappa shape index (κ1) is 20.6. The van der Waals surface area contributed by atoms with Gasteiger partial charge in [0, 0.05) is 16.2 Å². The van der Waals surface area contributed by atoms with Crippen LogP contribution < -0.4 is 10.1 Å². The van der Waals surface area contributed by atoms with Gasteiger partial charge in [0.05, 0.1) is 28.4 Å². The largest absolute Gasteiger partial charge is 0.496 e. The highest BCUT2D eigenvalue weighted by Crippen LogP contribution is 2.40. The molecule has 3 unspecified atom stereocenters. The van der Waals surface area contributed by atoms with E-state index in [4.69, 9.17) is 4.74 Å². The molecular weight excluding hydrogens is 422 g/mol. The van der Waals surface area contributed by atoms with Crippen molar-refractivity contribution in [3.05, 3.63) is 58.1 Å². The van der Waals surface area contributed by atoms with E-state index < -0.39 is 10.8 Å². The molecule has 0 radical (unpaired) electrons. The number of rotatable bonds is 6. The smallest absolute Gasteiger partial charge is 0.134 e. The van der Waals surface area contributed by atoms with Crippen LogP contribution in [0.5, 0.6) is 5.75 Å². The second kappa shape index (κ2) is 8.89. The van der Waals surface area contributed by atoms with E-state index in [9.17, 15) is 4.21 Å². The van der Waals surface area contributed by atoms with Crippen molar-refractivity contribution < 1.29 is 8.95 Å². The Hall–Kier alpha value is -1.17. The van der Waals surface area contributed by atoms with Gasteiger partial charge in [0.15, 0.2) is 0 Å². The van der Waals surface area contributed by atoms with Crippen LogP contribution in [0, 0.1) is 0 Å². The molecule has 0 aromatic heterocycles. The molecule has 0 saturated heterocycles. The van der Waals surface area contributed by atoms with Crippen molar-refractivity contribution in [2.45, 2.75) is 56.0 Å². The molecule has 3 rings (SSSR count).